The number of alkyl halides is 1. The van der Waals surface area contributed by atoms with Gasteiger partial charge in [-0.1, -0.05) is 25.7 Å². The van der Waals surface area contributed by atoms with Gasteiger partial charge >= 0.3 is 6.09 Å². The number of ether oxygens (including phenoxy) is 2. The maximum Gasteiger partial charge on any atom is 0.407 e. The summed E-state index contributed by atoms with van der Waals surface area (Å²) < 4.78 is 29.2. The Hall–Kier alpha value is -2.24. The summed E-state index contributed by atoms with van der Waals surface area (Å²) in [6, 6.07) is -0.791. The van der Waals surface area contributed by atoms with Crippen molar-refractivity contribution in [3.8, 4) is 0 Å². The van der Waals surface area contributed by atoms with E-state index in [1.165, 1.54) is 25.7 Å². The quantitative estimate of drug-likeness (QED) is 0.458. The number of morpholine rings is 1. The summed E-state index contributed by atoms with van der Waals surface area (Å²) >= 11 is 0. The normalized spacial score (nSPS) is 39.7. The maximum atomic E-state index is 16.6. The number of fused-ring (bicyclic) bond motifs is 3. The zero-order valence-corrected chi connectivity index (χ0v) is 29.0. The maximum absolute atomic E-state index is 16.6. The van der Waals surface area contributed by atoms with Crippen LogP contribution in [0.3, 0.4) is 0 Å². The van der Waals surface area contributed by atoms with Crippen molar-refractivity contribution in [3.05, 3.63) is 11.8 Å². The number of alkyl carbamates (subject to hydrolysis) is 1. The molecule has 7 aliphatic rings. The topological polar surface area (TPSA) is 94.7 Å². The Morgan fingerprint density at radius 3 is 2.40 bits per heavy atom. The van der Waals surface area contributed by atoms with Crippen molar-refractivity contribution in [2.75, 3.05) is 40.3 Å². The number of nitrogens with zero attached hydrogens (tertiary/aromatic N) is 4. The average molecular weight is 658 g/mol. The summed E-state index contributed by atoms with van der Waals surface area (Å²) in [6.07, 6.45) is 9.04. The molecule has 10 atom stereocenters. The molecular weight excluding hydrogens is 601 g/mol. The molecule has 10 unspecified atom stereocenters. The molecule has 0 aromatic rings. The molecule has 4 heterocycles. The lowest BCUT2D eigenvalue weighted by Gasteiger charge is -2.61. The SMILES string of the molecule is CN1CCC(N(C)C(=O)C2=CN3C4CC5CCCCC5CC4OC4C(N5CCC(NC(=O)OC(C)(C)C)C5)C(F)CC(C2=O)C43)CC1. The molecule has 3 saturated heterocycles. The predicted octanol–water partition coefficient (Wildman–Crippen LogP) is 3.74. The van der Waals surface area contributed by atoms with Gasteiger partial charge in [-0.25, -0.2) is 9.18 Å². The Balaban J connectivity index is 1.16. The first-order valence-electron chi connectivity index (χ1n) is 18.4. The second-order valence-corrected chi connectivity index (χ2v) is 16.8. The van der Waals surface area contributed by atoms with Crippen molar-refractivity contribution in [3.63, 3.8) is 0 Å². The zero-order valence-electron chi connectivity index (χ0n) is 29.0. The van der Waals surface area contributed by atoms with E-state index in [0.717, 1.165) is 38.8 Å². The molecule has 0 spiro atoms. The number of hydrogen-bond donors (Lipinski definition) is 1. The molecule has 47 heavy (non-hydrogen) atoms. The van der Waals surface area contributed by atoms with Gasteiger partial charge in [0.05, 0.1) is 35.9 Å². The molecule has 11 heteroatoms. The fraction of sp³-hybridized carbons (Fsp3) is 0.861. The fourth-order valence-electron chi connectivity index (χ4n) is 10.2. The van der Waals surface area contributed by atoms with E-state index in [2.05, 4.69) is 27.1 Å². The molecule has 6 fully saturated rings. The molecule has 1 N–H and O–H groups in total. The van der Waals surface area contributed by atoms with Crippen LogP contribution < -0.4 is 5.32 Å². The van der Waals surface area contributed by atoms with Crippen LogP contribution in [0.4, 0.5) is 9.18 Å². The van der Waals surface area contributed by atoms with E-state index in [9.17, 15) is 14.4 Å². The van der Waals surface area contributed by atoms with Gasteiger partial charge in [0.15, 0.2) is 5.78 Å². The monoisotopic (exact) mass is 657 g/mol. The van der Waals surface area contributed by atoms with Gasteiger partial charge in [0.25, 0.3) is 5.91 Å². The van der Waals surface area contributed by atoms with Crippen LogP contribution in [0, 0.1) is 17.8 Å². The van der Waals surface area contributed by atoms with Gasteiger partial charge in [0.1, 0.15) is 11.8 Å². The second-order valence-electron chi connectivity index (χ2n) is 16.8. The number of carbonyl (C=O) groups excluding carboxylic acids is 3. The van der Waals surface area contributed by atoms with Gasteiger partial charge in [-0.05, 0) is 91.3 Å². The summed E-state index contributed by atoms with van der Waals surface area (Å²) in [5.41, 5.74) is -0.368. The minimum atomic E-state index is -1.28. The molecule has 3 aliphatic carbocycles. The van der Waals surface area contributed by atoms with Gasteiger partial charge in [0.2, 0.25) is 0 Å². The summed E-state index contributed by atoms with van der Waals surface area (Å²) in [7, 11) is 3.93. The number of amides is 2. The number of likely N-dealkylation sites (N-methyl/N-ethyl adjacent to an activating group) is 1. The van der Waals surface area contributed by atoms with Crippen LogP contribution in [0.5, 0.6) is 0 Å². The van der Waals surface area contributed by atoms with Gasteiger partial charge in [-0.2, -0.15) is 0 Å². The molecule has 3 saturated carbocycles. The van der Waals surface area contributed by atoms with Crippen LogP contribution in [0.15, 0.2) is 11.8 Å². The highest BCUT2D eigenvalue weighted by Crippen LogP contribution is 2.51. The van der Waals surface area contributed by atoms with E-state index < -0.39 is 35.9 Å². The van der Waals surface area contributed by atoms with Crippen molar-refractivity contribution >= 4 is 17.8 Å². The molecule has 4 aliphatic heterocycles. The first kappa shape index (κ1) is 33.3. The first-order chi connectivity index (χ1) is 22.4. The van der Waals surface area contributed by atoms with Gasteiger partial charge in [-0.15, -0.1) is 0 Å². The Kier molecular flexibility index (Phi) is 9.13. The first-order valence-corrected chi connectivity index (χ1v) is 18.4. The lowest BCUT2D eigenvalue weighted by Crippen LogP contribution is -2.73. The third-order valence-corrected chi connectivity index (χ3v) is 12.6. The highest BCUT2D eigenvalue weighted by Gasteiger charge is 2.61. The standard InChI is InChI=1S/C36H56FN5O5/c1-36(2,3)47-35(45)38-23-10-15-41(19-23)31-27(37)18-25-30-33(31)46-29-17-22-9-7-6-8-21(22)16-28(29)42(30)20-26(32(25)43)34(44)40(5)24-11-13-39(4)14-12-24/h20-25,27-31,33H,6-19H2,1-5H3,(H,38,45). The third-order valence-electron chi connectivity index (χ3n) is 12.6. The van der Waals surface area contributed by atoms with Gasteiger partial charge in [0, 0.05) is 44.3 Å². The number of rotatable bonds is 4. The molecule has 2 amide bonds. The molecular formula is C36H56FN5O5. The molecule has 0 bridgehead atoms. The molecule has 10 nitrogen and oxygen atoms in total. The number of Topliss-reactive ketones (excluding diaryl/α,β-unsaturated/α-hetero) is 1. The van der Waals surface area contributed by atoms with Gasteiger partial charge in [-0.3, -0.25) is 14.5 Å². The van der Waals surface area contributed by atoms with E-state index in [0.29, 0.717) is 31.3 Å². The average Bonchev–Trinajstić information content (AvgIpc) is 3.47. The number of nitrogens with one attached hydrogen (secondary N) is 1. The van der Waals surface area contributed by atoms with Crippen LogP contribution in [0.2, 0.25) is 0 Å². The third kappa shape index (κ3) is 6.45. The van der Waals surface area contributed by atoms with Crippen molar-refractivity contribution < 1.29 is 28.2 Å². The van der Waals surface area contributed by atoms with Crippen molar-refractivity contribution in [2.45, 2.75) is 139 Å². The van der Waals surface area contributed by atoms with Gasteiger partial charge < -0.3 is 29.5 Å². The van der Waals surface area contributed by atoms with Crippen molar-refractivity contribution in [1.29, 1.82) is 0 Å². The van der Waals surface area contributed by atoms with E-state index in [4.69, 9.17) is 9.47 Å². The Morgan fingerprint density at radius 1 is 1.00 bits per heavy atom. The zero-order chi connectivity index (χ0) is 33.2. The lowest BCUT2D eigenvalue weighted by molar-refractivity contribution is -0.219. The number of ketones is 1. The highest BCUT2D eigenvalue weighted by atomic mass is 19.1. The predicted molar refractivity (Wildman–Crippen MR) is 175 cm³/mol. The molecule has 7 rings (SSSR count). The Morgan fingerprint density at radius 2 is 1.70 bits per heavy atom. The van der Waals surface area contributed by atoms with Crippen LogP contribution in [-0.4, -0.2) is 132 Å². The minimum Gasteiger partial charge on any atom is -0.444 e. The fourth-order valence-corrected chi connectivity index (χ4v) is 10.2. The van der Waals surface area contributed by atoms with Crippen molar-refractivity contribution in [2.24, 2.45) is 17.8 Å². The minimum absolute atomic E-state index is 0.0604. The highest BCUT2D eigenvalue weighted by molar-refractivity contribution is 6.20. The van der Waals surface area contributed by atoms with Crippen molar-refractivity contribution in [1.82, 2.24) is 24.9 Å². The smallest absolute Gasteiger partial charge is 0.407 e. The second kappa shape index (κ2) is 12.9. The molecule has 0 radical (unpaired) electrons. The van der Waals surface area contributed by atoms with E-state index in [-0.39, 0.29) is 54.0 Å². The Bertz CT molecular complexity index is 1250. The largest absolute Gasteiger partial charge is 0.444 e. The summed E-state index contributed by atoms with van der Waals surface area (Å²) in [5.74, 6) is 0.178. The van der Waals surface area contributed by atoms with Crippen LogP contribution in [0.25, 0.3) is 0 Å². The number of carbonyl (C=O) groups is 3. The van der Waals surface area contributed by atoms with E-state index in [1.54, 1.807) is 4.90 Å². The summed E-state index contributed by atoms with van der Waals surface area (Å²) in [5, 5.41) is 2.99. The molecule has 262 valence electrons. The Labute approximate surface area is 279 Å². The lowest BCUT2D eigenvalue weighted by atomic mass is 9.64. The summed E-state index contributed by atoms with van der Waals surface area (Å²) in [6.45, 7) is 8.51. The number of likely N-dealkylation sites (tertiary alicyclic amines) is 2. The molecule has 0 aromatic carbocycles. The van der Waals surface area contributed by atoms with E-state index in [1.807, 2.05) is 34.0 Å². The van der Waals surface area contributed by atoms with E-state index >= 15 is 4.39 Å². The number of halogens is 1. The molecule has 0 aromatic heterocycles. The summed E-state index contributed by atoms with van der Waals surface area (Å²) in [4.78, 5) is 49.4. The van der Waals surface area contributed by atoms with Crippen LogP contribution >= 0.6 is 0 Å². The number of piperidine rings is 1. The number of hydrogen-bond acceptors (Lipinski definition) is 8. The van der Waals surface area contributed by atoms with Crippen LogP contribution in [-0.2, 0) is 19.1 Å². The van der Waals surface area contributed by atoms with Crippen LogP contribution in [0.1, 0.15) is 85.0 Å².